The Bertz CT molecular complexity index is 1360. The van der Waals surface area contributed by atoms with E-state index in [0.717, 1.165) is 18.4 Å². The zero-order chi connectivity index (χ0) is 24.2. The first-order chi connectivity index (χ1) is 15.4. The number of amides is 2. The molecule has 0 bridgehead atoms. The Morgan fingerprint density at radius 1 is 1.30 bits per heavy atom. The van der Waals surface area contributed by atoms with Crippen LogP contribution in [0.2, 0.25) is 0 Å². The van der Waals surface area contributed by atoms with Gasteiger partial charge in [0.25, 0.3) is 11.8 Å². The van der Waals surface area contributed by atoms with Crippen molar-refractivity contribution in [2.24, 2.45) is 0 Å². The number of aromatic hydroxyl groups is 1. The standard InChI is InChI=1S/C19H17F2IN4O6S/c1-33(31,32)24-12-5-10-7-25(22)19(30)15-17(28)16(27)13(14(12)26(10)15)18(29)23-6-8-2-3-9(20)4-11(8)21/h2-4,10,12,24,28H,5-7H2,1H3,(H,23,29). The number of pyridine rings is 1. The van der Waals surface area contributed by atoms with Gasteiger partial charge in [0.1, 0.15) is 17.2 Å². The van der Waals surface area contributed by atoms with Crippen LogP contribution < -0.4 is 15.5 Å². The van der Waals surface area contributed by atoms with Crippen LogP contribution in [0, 0.1) is 11.6 Å². The van der Waals surface area contributed by atoms with E-state index in [1.54, 1.807) is 22.9 Å². The molecule has 33 heavy (non-hydrogen) atoms. The second-order valence-corrected chi connectivity index (χ2v) is 10.7. The first-order valence-corrected chi connectivity index (χ1v) is 12.4. The zero-order valence-electron chi connectivity index (χ0n) is 16.9. The van der Waals surface area contributed by atoms with Crippen LogP contribution in [-0.4, -0.2) is 45.8 Å². The number of hydrogen-bond donors (Lipinski definition) is 3. The van der Waals surface area contributed by atoms with Crippen LogP contribution in [0.3, 0.4) is 0 Å². The lowest BCUT2D eigenvalue weighted by Crippen LogP contribution is -2.40. The first kappa shape index (κ1) is 23.6. The molecule has 2 aromatic rings. The van der Waals surface area contributed by atoms with Crippen LogP contribution in [-0.2, 0) is 16.6 Å². The fourth-order valence-electron chi connectivity index (χ4n) is 4.16. The van der Waals surface area contributed by atoms with Gasteiger partial charge in [-0.1, -0.05) is 6.07 Å². The van der Waals surface area contributed by atoms with E-state index in [1.165, 1.54) is 7.68 Å². The maximum atomic E-state index is 13.9. The second-order valence-electron chi connectivity index (χ2n) is 7.76. The summed E-state index contributed by atoms with van der Waals surface area (Å²) in [6.45, 7) is -0.244. The molecule has 2 amide bonds. The second kappa shape index (κ2) is 8.32. The lowest BCUT2D eigenvalue weighted by Gasteiger charge is -2.30. The van der Waals surface area contributed by atoms with Gasteiger partial charge >= 0.3 is 0 Å². The van der Waals surface area contributed by atoms with Crippen molar-refractivity contribution in [1.29, 1.82) is 0 Å². The lowest BCUT2D eigenvalue weighted by atomic mass is 10.0. The van der Waals surface area contributed by atoms with E-state index in [1.807, 2.05) is 0 Å². The highest BCUT2D eigenvalue weighted by Crippen LogP contribution is 2.43. The number of halogens is 3. The fourth-order valence-corrected chi connectivity index (χ4v) is 5.57. The van der Waals surface area contributed by atoms with Crippen molar-refractivity contribution in [1.82, 2.24) is 17.7 Å². The van der Waals surface area contributed by atoms with Crippen LogP contribution in [0.1, 0.15) is 50.6 Å². The van der Waals surface area contributed by atoms with Gasteiger partial charge < -0.3 is 15.0 Å². The molecule has 2 atom stereocenters. The third kappa shape index (κ3) is 4.21. The van der Waals surface area contributed by atoms with Crippen LogP contribution >= 0.6 is 22.9 Å². The van der Waals surface area contributed by atoms with Gasteiger partial charge in [0.05, 0.1) is 53.4 Å². The molecule has 0 aliphatic carbocycles. The molecular formula is C19H17F2IN4O6S. The molecule has 0 spiro atoms. The summed E-state index contributed by atoms with van der Waals surface area (Å²) in [6, 6.07) is 1.24. The number of carbonyl (C=O) groups excluding carboxylic acids is 2. The van der Waals surface area contributed by atoms with Crippen molar-refractivity contribution in [3.63, 3.8) is 0 Å². The average Bonchev–Trinajstić information content (AvgIpc) is 3.03. The van der Waals surface area contributed by atoms with E-state index in [2.05, 4.69) is 10.0 Å². The Kier molecular flexibility index (Phi) is 5.94. The van der Waals surface area contributed by atoms with Gasteiger partial charge in [-0.05, 0) is 12.5 Å². The quantitative estimate of drug-likeness (QED) is 0.351. The summed E-state index contributed by atoms with van der Waals surface area (Å²) < 4.78 is 55.9. The van der Waals surface area contributed by atoms with E-state index in [4.69, 9.17) is 0 Å². The van der Waals surface area contributed by atoms with Crippen molar-refractivity contribution < 1.29 is 31.9 Å². The number of nitrogens with zero attached hydrogens (tertiary/aromatic N) is 2. The van der Waals surface area contributed by atoms with Gasteiger partial charge in [-0.15, -0.1) is 0 Å². The van der Waals surface area contributed by atoms with Crippen LogP contribution in [0.5, 0.6) is 5.75 Å². The van der Waals surface area contributed by atoms with Crippen molar-refractivity contribution in [2.75, 3.05) is 12.8 Å². The monoisotopic (exact) mass is 594 g/mol. The Hall–Kier alpha value is -2.59. The number of benzene rings is 1. The summed E-state index contributed by atoms with van der Waals surface area (Å²) in [6.07, 6.45) is 1.04. The molecular weight excluding hydrogens is 577 g/mol. The average molecular weight is 594 g/mol. The van der Waals surface area contributed by atoms with E-state index >= 15 is 0 Å². The maximum Gasteiger partial charge on any atom is 0.283 e. The number of hydrogen-bond acceptors (Lipinski definition) is 6. The highest BCUT2D eigenvalue weighted by molar-refractivity contribution is 14.1. The molecule has 0 radical (unpaired) electrons. The molecule has 2 aliphatic rings. The van der Waals surface area contributed by atoms with E-state index in [9.17, 15) is 36.7 Å². The summed E-state index contributed by atoms with van der Waals surface area (Å²) in [5.41, 5.74) is -2.16. The Labute approximate surface area is 200 Å². The van der Waals surface area contributed by atoms with Crippen molar-refractivity contribution in [3.8, 4) is 5.75 Å². The molecule has 0 fully saturated rings. The third-order valence-electron chi connectivity index (χ3n) is 5.46. The van der Waals surface area contributed by atoms with Gasteiger partial charge in [-0.25, -0.2) is 21.9 Å². The molecule has 176 valence electrons. The Balaban J connectivity index is 1.82. The molecule has 4 rings (SSSR count). The third-order valence-corrected chi connectivity index (χ3v) is 7.00. The number of nitrogens with one attached hydrogen (secondary N) is 2. The van der Waals surface area contributed by atoms with Crippen LogP contribution in [0.4, 0.5) is 8.78 Å². The number of aromatic nitrogens is 1. The summed E-state index contributed by atoms with van der Waals surface area (Å²) in [5.74, 6) is -4.32. The topological polar surface area (TPSA) is 138 Å². The van der Waals surface area contributed by atoms with Gasteiger partial charge in [-0.3, -0.25) is 17.5 Å². The smallest absolute Gasteiger partial charge is 0.283 e. The number of sulfonamides is 1. The van der Waals surface area contributed by atoms with Crippen molar-refractivity contribution in [3.05, 3.63) is 62.6 Å². The summed E-state index contributed by atoms with van der Waals surface area (Å²) in [5, 5.41) is 12.9. The summed E-state index contributed by atoms with van der Waals surface area (Å²) >= 11 is 1.73. The van der Waals surface area contributed by atoms with Crippen LogP contribution in [0.25, 0.3) is 0 Å². The molecule has 2 aliphatic heterocycles. The molecule has 0 saturated carbocycles. The molecule has 3 heterocycles. The Morgan fingerprint density at radius 3 is 2.64 bits per heavy atom. The molecule has 14 heteroatoms. The normalized spacial score (nSPS) is 19.5. The minimum absolute atomic E-state index is 0.0529. The molecule has 10 nitrogen and oxygen atoms in total. The fraction of sp³-hybridized carbons (Fsp3) is 0.316. The molecule has 0 saturated heterocycles. The van der Waals surface area contributed by atoms with Gasteiger partial charge in [-0.2, -0.15) is 0 Å². The minimum Gasteiger partial charge on any atom is -0.503 e. The van der Waals surface area contributed by atoms with Gasteiger partial charge in [0.2, 0.25) is 15.5 Å². The van der Waals surface area contributed by atoms with Crippen molar-refractivity contribution >= 4 is 44.7 Å². The maximum absolute atomic E-state index is 13.9. The summed E-state index contributed by atoms with van der Waals surface area (Å²) in [7, 11) is -3.78. The molecule has 2 unspecified atom stereocenters. The van der Waals surface area contributed by atoms with Crippen molar-refractivity contribution in [2.45, 2.75) is 25.0 Å². The predicted octanol–water partition coefficient (Wildman–Crippen LogP) is 1.10. The Morgan fingerprint density at radius 2 is 2.00 bits per heavy atom. The zero-order valence-corrected chi connectivity index (χ0v) is 19.9. The van der Waals surface area contributed by atoms with Crippen LogP contribution in [0.15, 0.2) is 23.0 Å². The highest BCUT2D eigenvalue weighted by Gasteiger charge is 2.45. The van der Waals surface area contributed by atoms with E-state index in [0.29, 0.717) is 6.07 Å². The first-order valence-electron chi connectivity index (χ1n) is 9.57. The minimum atomic E-state index is -3.78. The predicted molar refractivity (Wildman–Crippen MR) is 119 cm³/mol. The van der Waals surface area contributed by atoms with Gasteiger partial charge in [0.15, 0.2) is 11.4 Å². The number of rotatable bonds is 5. The molecule has 1 aromatic carbocycles. The SMILES string of the molecule is CS(=O)(=O)NC1CC2CN(I)C(=O)c3c(O)c(=O)c(C(=O)NCc4ccc(F)cc4F)c1n32. The van der Waals surface area contributed by atoms with Gasteiger partial charge in [0, 0.05) is 18.2 Å². The highest BCUT2D eigenvalue weighted by atomic mass is 127. The molecule has 3 N–H and O–H groups in total. The van der Waals surface area contributed by atoms with E-state index < -0.39 is 68.8 Å². The summed E-state index contributed by atoms with van der Waals surface area (Å²) in [4.78, 5) is 38.6. The van der Waals surface area contributed by atoms with E-state index in [-0.39, 0.29) is 29.9 Å². The molecule has 1 aromatic heterocycles. The largest absolute Gasteiger partial charge is 0.503 e. The lowest BCUT2D eigenvalue weighted by molar-refractivity contribution is 0.0828. The number of carbonyl (C=O) groups is 2.